The average molecular weight is 578 g/mol. The van der Waals surface area contributed by atoms with Gasteiger partial charge in [-0.15, -0.1) is 0 Å². The number of amides is 3. The second-order valence-corrected chi connectivity index (χ2v) is 10.5. The third kappa shape index (κ3) is 9.37. The minimum atomic E-state index is -4.41. The summed E-state index contributed by atoms with van der Waals surface area (Å²) in [6.45, 7) is 3.79. The molecule has 220 valence electrons. The Kier molecular flexibility index (Phi) is 12.0. The van der Waals surface area contributed by atoms with Crippen molar-refractivity contribution in [2.24, 2.45) is 0 Å². The first kappa shape index (κ1) is 32.3. The van der Waals surface area contributed by atoms with Gasteiger partial charge in [0.2, 0.25) is 17.7 Å². The zero-order valence-corrected chi connectivity index (χ0v) is 23.1. The summed E-state index contributed by atoms with van der Waals surface area (Å²) in [6, 6.07) is -1.70. The lowest BCUT2D eigenvalue weighted by molar-refractivity contribution is -0.129. The molecule has 1 fully saturated rings. The molecule has 0 saturated carbocycles. The van der Waals surface area contributed by atoms with Crippen molar-refractivity contribution < 1.29 is 42.7 Å². The molecular formula is C22H36N5O11P. The van der Waals surface area contributed by atoms with Crippen LogP contribution in [0.15, 0.2) is 15.8 Å². The molecule has 6 atom stereocenters. The summed E-state index contributed by atoms with van der Waals surface area (Å²) in [6.07, 6.45) is -0.997. The van der Waals surface area contributed by atoms with E-state index in [0.29, 0.717) is 12.8 Å². The van der Waals surface area contributed by atoms with Crippen molar-refractivity contribution in [3.05, 3.63) is 32.6 Å². The van der Waals surface area contributed by atoms with Crippen LogP contribution in [0.3, 0.4) is 0 Å². The van der Waals surface area contributed by atoms with Crippen molar-refractivity contribution in [2.45, 2.75) is 77.0 Å². The predicted octanol–water partition coefficient (Wildman–Crippen LogP) is -1.58. The van der Waals surface area contributed by atoms with Crippen LogP contribution < -0.4 is 27.2 Å². The fraction of sp³-hybridized carbons (Fsp3) is 0.682. The van der Waals surface area contributed by atoms with Gasteiger partial charge in [0.1, 0.15) is 24.5 Å². The van der Waals surface area contributed by atoms with E-state index in [-0.39, 0.29) is 30.9 Å². The molecule has 1 saturated heterocycles. The zero-order chi connectivity index (χ0) is 29.3. The number of hydrogen-bond acceptors (Lipinski definition) is 10. The van der Waals surface area contributed by atoms with Crippen molar-refractivity contribution in [2.75, 3.05) is 20.3 Å². The Morgan fingerprint density at radius 3 is 2.49 bits per heavy atom. The second-order valence-electron chi connectivity index (χ2n) is 8.98. The molecule has 2 heterocycles. The largest absolute Gasteiger partial charge is 0.472 e. The highest BCUT2D eigenvalue weighted by atomic mass is 31.2. The Bertz CT molecular complexity index is 1190. The molecule has 17 heteroatoms. The van der Waals surface area contributed by atoms with E-state index in [9.17, 15) is 38.5 Å². The first-order chi connectivity index (χ1) is 18.3. The number of aliphatic hydroxyl groups is 1. The first-order valence-corrected chi connectivity index (χ1v) is 13.8. The van der Waals surface area contributed by atoms with E-state index < -0.39 is 68.0 Å². The highest BCUT2D eigenvalue weighted by molar-refractivity contribution is 7.47. The average Bonchev–Trinajstić information content (AvgIpc) is 3.24. The van der Waals surface area contributed by atoms with Gasteiger partial charge in [0, 0.05) is 45.7 Å². The van der Waals surface area contributed by atoms with Crippen LogP contribution in [-0.4, -0.2) is 81.8 Å². The fourth-order valence-corrected chi connectivity index (χ4v) is 4.82. The van der Waals surface area contributed by atoms with Crippen LogP contribution in [0.1, 0.15) is 51.8 Å². The minimum Gasteiger partial charge on any atom is -0.394 e. The summed E-state index contributed by atoms with van der Waals surface area (Å²) in [5.74, 6) is -1.40. The SMILES string of the molecule is CCCC(NC(C)=O)C(NC(C)=O)C(=O)NCCc1cn([C@@H]2CC(OP(=O)(O)OC)[C@H](CO)O2)c(=O)[nH]c1=O. The van der Waals surface area contributed by atoms with E-state index >= 15 is 0 Å². The highest BCUT2D eigenvalue weighted by Crippen LogP contribution is 2.47. The predicted molar refractivity (Wildman–Crippen MR) is 135 cm³/mol. The third-order valence-electron chi connectivity index (χ3n) is 5.94. The molecule has 1 aromatic rings. The standard InChI is InChI=1S/C22H36N5O11P/c1-5-6-15(24-12(2)29)19(25-13(3)30)21(32)23-8-7-14-10-27(22(33)26-20(14)31)18-9-16(17(11-28)37-18)38-39(34,35)36-4/h10,15-19,28H,5-9,11H2,1-4H3,(H,23,32)(H,24,29)(H,25,30)(H,34,35)(H,26,31,33)/t15?,16?,17-,18-,19?/m0/s1. The van der Waals surface area contributed by atoms with Crippen molar-refractivity contribution in [1.82, 2.24) is 25.5 Å². The number of ether oxygens (including phenoxy) is 1. The van der Waals surface area contributed by atoms with Gasteiger partial charge in [-0.1, -0.05) is 13.3 Å². The van der Waals surface area contributed by atoms with E-state index in [1.165, 1.54) is 20.0 Å². The topological polar surface area (TPSA) is 227 Å². The molecule has 0 aliphatic carbocycles. The lowest BCUT2D eigenvalue weighted by Gasteiger charge is -2.27. The van der Waals surface area contributed by atoms with Gasteiger partial charge in [-0.05, 0) is 12.8 Å². The highest BCUT2D eigenvalue weighted by Gasteiger charge is 2.41. The molecule has 0 aromatic carbocycles. The fourth-order valence-electron chi connectivity index (χ4n) is 4.17. The number of phosphoric acid groups is 1. The Labute approximate surface area is 224 Å². The van der Waals surface area contributed by atoms with Gasteiger partial charge in [0.05, 0.1) is 12.6 Å². The zero-order valence-electron chi connectivity index (χ0n) is 22.2. The van der Waals surface area contributed by atoms with Crippen LogP contribution in [0, 0.1) is 0 Å². The van der Waals surface area contributed by atoms with E-state index in [1.54, 1.807) is 0 Å². The molecule has 1 aliphatic rings. The van der Waals surface area contributed by atoms with Crippen LogP contribution >= 0.6 is 7.82 Å². The molecule has 1 aromatic heterocycles. The van der Waals surface area contributed by atoms with Crippen molar-refractivity contribution >= 4 is 25.5 Å². The Balaban J connectivity index is 2.16. The molecule has 0 bridgehead atoms. The number of aliphatic hydroxyl groups excluding tert-OH is 1. The van der Waals surface area contributed by atoms with E-state index in [1.807, 2.05) is 6.92 Å². The number of aromatic nitrogens is 2. The van der Waals surface area contributed by atoms with E-state index in [0.717, 1.165) is 11.7 Å². The lowest BCUT2D eigenvalue weighted by atomic mass is 10.0. The number of hydrogen-bond donors (Lipinski definition) is 6. The Hall–Kier alpha value is -2.88. The number of carbonyl (C=O) groups excluding carboxylic acids is 3. The molecule has 1 aliphatic heterocycles. The maximum atomic E-state index is 12.9. The molecule has 0 radical (unpaired) electrons. The summed E-state index contributed by atoms with van der Waals surface area (Å²) >= 11 is 0. The van der Waals surface area contributed by atoms with E-state index in [2.05, 4.69) is 25.5 Å². The molecule has 3 amide bonds. The third-order valence-corrected chi connectivity index (χ3v) is 6.94. The number of H-pyrrole nitrogens is 1. The number of rotatable bonds is 14. The lowest BCUT2D eigenvalue weighted by Crippen LogP contribution is -2.58. The number of carbonyl (C=O) groups is 3. The summed E-state index contributed by atoms with van der Waals surface area (Å²) in [7, 11) is -3.43. The number of aromatic amines is 1. The summed E-state index contributed by atoms with van der Waals surface area (Å²) in [4.78, 5) is 72.8. The number of phosphoric ester groups is 1. The maximum absolute atomic E-state index is 12.9. The Morgan fingerprint density at radius 2 is 1.92 bits per heavy atom. The van der Waals surface area contributed by atoms with Crippen molar-refractivity contribution in [3.8, 4) is 0 Å². The van der Waals surface area contributed by atoms with Gasteiger partial charge in [-0.25, -0.2) is 9.36 Å². The maximum Gasteiger partial charge on any atom is 0.472 e. The van der Waals surface area contributed by atoms with Crippen LogP contribution in [0.2, 0.25) is 0 Å². The van der Waals surface area contributed by atoms with E-state index in [4.69, 9.17) is 9.26 Å². The summed E-state index contributed by atoms with van der Waals surface area (Å²) in [5.41, 5.74) is -1.41. The smallest absolute Gasteiger partial charge is 0.394 e. The summed E-state index contributed by atoms with van der Waals surface area (Å²) < 4.78 is 27.9. The monoisotopic (exact) mass is 577 g/mol. The quantitative estimate of drug-likeness (QED) is 0.138. The molecule has 6 N–H and O–H groups in total. The minimum absolute atomic E-state index is 0.0156. The van der Waals surface area contributed by atoms with Crippen molar-refractivity contribution in [3.63, 3.8) is 0 Å². The molecule has 2 rings (SSSR count). The van der Waals surface area contributed by atoms with Gasteiger partial charge in [-0.2, -0.15) is 0 Å². The molecule has 16 nitrogen and oxygen atoms in total. The van der Waals surface area contributed by atoms with Crippen LogP contribution in [0.4, 0.5) is 0 Å². The summed E-state index contributed by atoms with van der Waals surface area (Å²) in [5, 5.41) is 17.4. The van der Waals surface area contributed by atoms with Gasteiger partial charge < -0.3 is 30.7 Å². The molecule has 39 heavy (non-hydrogen) atoms. The van der Waals surface area contributed by atoms with Crippen molar-refractivity contribution in [1.29, 1.82) is 0 Å². The van der Waals surface area contributed by atoms with Gasteiger partial charge in [0.25, 0.3) is 5.56 Å². The van der Waals surface area contributed by atoms with Crippen LogP contribution in [-0.2, 0) is 39.2 Å². The van der Waals surface area contributed by atoms with Crippen LogP contribution in [0.5, 0.6) is 0 Å². The second kappa shape index (κ2) is 14.5. The van der Waals surface area contributed by atoms with Gasteiger partial charge in [-0.3, -0.25) is 37.8 Å². The molecule has 0 spiro atoms. The first-order valence-electron chi connectivity index (χ1n) is 12.3. The molecular weight excluding hydrogens is 541 g/mol. The molecule has 4 unspecified atom stereocenters. The number of nitrogens with zero attached hydrogens (tertiary/aromatic N) is 1. The number of nitrogens with one attached hydrogen (secondary N) is 4. The van der Waals surface area contributed by atoms with Crippen LogP contribution in [0.25, 0.3) is 0 Å². The van der Waals surface area contributed by atoms with Gasteiger partial charge >= 0.3 is 13.5 Å². The normalized spacial score (nSPS) is 21.9. The Morgan fingerprint density at radius 1 is 1.26 bits per heavy atom. The van der Waals surface area contributed by atoms with Gasteiger partial charge in [0.15, 0.2) is 0 Å².